The number of ether oxygens (including phenoxy) is 1. The summed E-state index contributed by atoms with van der Waals surface area (Å²) in [6, 6.07) is 11.6. The molecule has 0 aromatic heterocycles. The van der Waals surface area contributed by atoms with Crippen LogP contribution in [0, 0.1) is 5.92 Å². The van der Waals surface area contributed by atoms with Crippen LogP contribution in [-0.4, -0.2) is 30.8 Å². The smallest absolute Gasteiger partial charge is 0.220 e. The lowest BCUT2D eigenvalue weighted by Crippen LogP contribution is -2.33. The molecule has 0 saturated carbocycles. The van der Waals surface area contributed by atoms with Gasteiger partial charge in [-0.1, -0.05) is 36.4 Å². The molecule has 0 aliphatic carbocycles. The molecule has 0 spiro atoms. The number of phenols is 1. The molecule has 23 heavy (non-hydrogen) atoms. The second kappa shape index (κ2) is 7.47. The van der Waals surface area contributed by atoms with Crippen LogP contribution in [0.1, 0.15) is 24.8 Å². The largest absolute Gasteiger partial charge is 0.507 e. The molecule has 3 rings (SSSR count). The number of carbonyl (C=O) groups is 1. The molecule has 1 amide bonds. The van der Waals surface area contributed by atoms with Crippen molar-refractivity contribution in [2.75, 3.05) is 19.8 Å². The van der Waals surface area contributed by atoms with Gasteiger partial charge in [0.25, 0.3) is 0 Å². The molecule has 1 heterocycles. The SMILES string of the molecule is O=C(CCc1ccc2ccccc2c1O)NC[C@@H]1CCCOC1. The first kappa shape index (κ1) is 15.8. The van der Waals surface area contributed by atoms with Crippen LogP contribution in [0.3, 0.4) is 0 Å². The predicted molar refractivity (Wildman–Crippen MR) is 90.5 cm³/mol. The van der Waals surface area contributed by atoms with Crippen molar-refractivity contribution < 1.29 is 14.6 Å². The van der Waals surface area contributed by atoms with E-state index in [4.69, 9.17) is 4.74 Å². The first-order chi connectivity index (χ1) is 11.2. The molecular weight excluding hydrogens is 290 g/mol. The van der Waals surface area contributed by atoms with Crippen molar-refractivity contribution >= 4 is 16.7 Å². The number of phenolic OH excluding ortho intramolecular Hbond substituents is 1. The normalized spacial score (nSPS) is 18.0. The van der Waals surface area contributed by atoms with Crippen LogP contribution in [0.5, 0.6) is 5.75 Å². The van der Waals surface area contributed by atoms with Gasteiger partial charge < -0.3 is 15.2 Å². The predicted octanol–water partition coefficient (Wildman–Crippen LogP) is 3.02. The van der Waals surface area contributed by atoms with Crippen LogP contribution in [-0.2, 0) is 16.0 Å². The van der Waals surface area contributed by atoms with Gasteiger partial charge in [0.2, 0.25) is 5.91 Å². The minimum atomic E-state index is 0.0307. The Kier molecular flexibility index (Phi) is 5.13. The summed E-state index contributed by atoms with van der Waals surface area (Å²) in [7, 11) is 0. The first-order valence-corrected chi connectivity index (χ1v) is 8.28. The Morgan fingerprint density at radius 1 is 1.26 bits per heavy atom. The molecule has 2 aromatic rings. The number of aryl methyl sites for hydroxylation is 1. The number of amides is 1. The fourth-order valence-corrected chi connectivity index (χ4v) is 3.07. The van der Waals surface area contributed by atoms with Crippen LogP contribution < -0.4 is 5.32 Å². The highest BCUT2D eigenvalue weighted by molar-refractivity contribution is 5.89. The highest BCUT2D eigenvalue weighted by Crippen LogP contribution is 2.29. The maximum atomic E-state index is 12.0. The second-order valence-electron chi connectivity index (χ2n) is 6.18. The zero-order chi connectivity index (χ0) is 16.1. The second-order valence-corrected chi connectivity index (χ2v) is 6.18. The molecule has 2 N–H and O–H groups in total. The van der Waals surface area contributed by atoms with Crippen molar-refractivity contribution in [2.24, 2.45) is 5.92 Å². The lowest BCUT2D eigenvalue weighted by atomic mass is 10.0. The Morgan fingerprint density at radius 3 is 2.96 bits per heavy atom. The fourth-order valence-electron chi connectivity index (χ4n) is 3.07. The molecule has 1 saturated heterocycles. The highest BCUT2D eigenvalue weighted by atomic mass is 16.5. The number of benzene rings is 2. The lowest BCUT2D eigenvalue weighted by Gasteiger charge is -2.22. The van der Waals surface area contributed by atoms with E-state index in [1.165, 1.54) is 0 Å². The van der Waals surface area contributed by atoms with Crippen LogP contribution in [0.2, 0.25) is 0 Å². The quantitative estimate of drug-likeness (QED) is 0.892. The van der Waals surface area contributed by atoms with Gasteiger partial charge in [-0.25, -0.2) is 0 Å². The molecule has 0 bridgehead atoms. The third kappa shape index (κ3) is 4.02. The van der Waals surface area contributed by atoms with Crippen molar-refractivity contribution in [2.45, 2.75) is 25.7 Å². The van der Waals surface area contributed by atoms with E-state index in [2.05, 4.69) is 5.32 Å². The number of nitrogens with one attached hydrogen (secondary N) is 1. The molecule has 2 aromatic carbocycles. The summed E-state index contributed by atoms with van der Waals surface area (Å²) in [6.45, 7) is 2.26. The summed E-state index contributed by atoms with van der Waals surface area (Å²) in [5.41, 5.74) is 0.819. The first-order valence-electron chi connectivity index (χ1n) is 8.28. The van der Waals surface area contributed by atoms with Crippen LogP contribution >= 0.6 is 0 Å². The molecule has 4 nitrogen and oxygen atoms in total. The summed E-state index contributed by atoms with van der Waals surface area (Å²) in [5.74, 6) is 0.751. The fraction of sp³-hybridized carbons (Fsp3) is 0.421. The molecule has 0 unspecified atom stereocenters. The van der Waals surface area contributed by atoms with Crippen molar-refractivity contribution in [1.29, 1.82) is 0 Å². The molecule has 1 fully saturated rings. The molecular formula is C19H23NO3. The molecule has 1 atom stereocenters. The molecule has 1 aliphatic heterocycles. The molecule has 0 radical (unpaired) electrons. The summed E-state index contributed by atoms with van der Waals surface area (Å²) in [6.07, 6.45) is 3.13. The van der Waals surface area contributed by atoms with E-state index in [-0.39, 0.29) is 11.7 Å². The molecule has 4 heteroatoms. The number of fused-ring (bicyclic) bond motifs is 1. The minimum absolute atomic E-state index is 0.0307. The summed E-state index contributed by atoms with van der Waals surface area (Å²) < 4.78 is 5.42. The summed E-state index contributed by atoms with van der Waals surface area (Å²) in [4.78, 5) is 12.0. The number of aromatic hydroxyl groups is 1. The zero-order valence-electron chi connectivity index (χ0n) is 13.3. The van der Waals surface area contributed by atoms with Gasteiger partial charge in [0, 0.05) is 25.0 Å². The van der Waals surface area contributed by atoms with Gasteiger partial charge in [-0.15, -0.1) is 0 Å². The van der Waals surface area contributed by atoms with Crippen molar-refractivity contribution in [1.82, 2.24) is 5.32 Å². The van der Waals surface area contributed by atoms with Gasteiger partial charge in [-0.3, -0.25) is 4.79 Å². The average molecular weight is 313 g/mol. The average Bonchev–Trinajstić information content (AvgIpc) is 2.60. The Bertz CT molecular complexity index is 677. The van der Waals surface area contributed by atoms with Crippen molar-refractivity contribution in [3.63, 3.8) is 0 Å². The topological polar surface area (TPSA) is 58.6 Å². The minimum Gasteiger partial charge on any atom is -0.507 e. The lowest BCUT2D eigenvalue weighted by molar-refractivity contribution is -0.121. The Labute approximate surface area is 136 Å². The van der Waals surface area contributed by atoms with E-state index in [1.807, 2.05) is 36.4 Å². The van der Waals surface area contributed by atoms with Crippen molar-refractivity contribution in [3.8, 4) is 5.75 Å². The van der Waals surface area contributed by atoms with Gasteiger partial charge >= 0.3 is 0 Å². The maximum Gasteiger partial charge on any atom is 0.220 e. The molecule has 1 aliphatic rings. The summed E-state index contributed by atoms with van der Waals surface area (Å²) >= 11 is 0. The van der Waals surface area contributed by atoms with Gasteiger partial charge in [-0.05, 0) is 36.1 Å². The number of carbonyl (C=O) groups excluding carboxylic acids is 1. The third-order valence-electron chi connectivity index (χ3n) is 4.45. The van der Waals surface area contributed by atoms with E-state index in [9.17, 15) is 9.90 Å². The van der Waals surface area contributed by atoms with E-state index >= 15 is 0 Å². The number of hydrogen-bond donors (Lipinski definition) is 2. The maximum absolute atomic E-state index is 12.0. The third-order valence-corrected chi connectivity index (χ3v) is 4.45. The standard InChI is InChI=1S/C19H23NO3/c21-18(20-12-14-4-3-11-23-13-14)10-9-16-8-7-15-5-1-2-6-17(15)19(16)22/h1-2,5-8,14,22H,3-4,9-13H2,(H,20,21)/t14-/m0/s1. The Morgan fingerprint density at radius 2 is 2.13 bits per heavy atom. The van der Waals surface area contributed by atoms with Gasteiger partial charge in [0.1, 0.15) is 5.75 Å². The highest BCUT2D eigenvalue weighted by Gasteiger charge is 2.15. The number of hydrogen-bond acceptors (Lipinski definition) is 3. The van der Waals surface area contributed by atoms with E-state index in [0.29, 0.717) is 25.3 Å². The summed E-state index contributed by atoms with van der Waals surface area (Å²) in [5, 5.41) is 15.2. The van der Waals surface area contributed by atoms with E-state index in [0.717, 1.165) is 42.4 Å². The van der Waals surface area contributed by atoms with Crippen LogP contribution in [0.4, 0.5) is 0 Å². The van der Waals surface area contributed by atoms with Gasteiger partial charge in [-0.2, -0.15) is 0 Å². The zero-order valence-corrected chi connectivity index (χ0v) is 13.3. The Hall–Kier alpha value is -2.07. The monoisotopic (exact) mass is 313 g/mol. The van der Waals surface area contributed by atoms with Crippen molar-refractivity contribution in [3.05, 3.63) is 42.0 Å². The van der Waals surface area contributed by atoms with Gasteiger partial charge in [0.05, 0.1) is 6.61 Å². The van der Waals surface area contributed by atoms with Crippen LogP contribution in [0.25, 0.3) is 10.8 Å². The molecule has 122 valence electrons. The van der Waals surface area contributed by atoms with E-state index in [1.54, 1.807) is 0 Å². The van der Waals surface area contributed by atoms with E-state index < -0.39 is 0 Å². The Balaban J connectivity index is 1.53. The number of rotatable bonds is 5. The van der Waals surface area contributed by atoms with Crippen LogP contribution in [0.15, 0.2) is 36.4 Å². The van der Waals surface area contributed by atoms with Gasteiger partial charge in [0.15, 0.2) is 0 Å².